The molecule has 0 aliphatic carbocycles. The SMILES string of the molecule is CCCN(CCN(C)C)C(C)CC(=O)OC. The van der Waals surface area contributed by atoms with Gasteiger partial charge in [-0.25, -0.2) is 0 Å². The zero-order valence-electron chi connectivity index (χ0n) is 11.3. The fraction of sp³-hybridized carbons (Fsp3) is 0.917. The van der Waals surface area contributed by atoms with Crippen LogP contribution in [0, 0.1) is 0 Å². The van der Waals surface area contributed by atoms with Crippen molar-refractivity contribution < 1.29 is 9.53 Å². The van der Waals surface area contributed by atoms with E-state index >= 15 is 0 Å². The number of rotatable bonds is 8. The Kier molecular flexibility index (Phi) is 8.21. The molecule has 0 aliphatic heterocycles. The molecule has 0 spiro atoms. The van der Waals surface area contributed by atoms with E-state index in [1.165, 1.54) is 7.11 Å². The average Bonchev–Trinajstić information content (AvgIpc) is 2.23. The van der Waals surface area contributed by atoms with E-state index < -0.39 is 0 Å². The number of hydrogen-bond donors (Lipinski definition) is 0. The Balaban J connectivity index is 4.11. The van der Waals surface area contributed by atoms with Crippen LogP contribution in [0.5, 0.6) is 0 Å². The molecule has 0 aromatic carbocycles. The molecule has 0 rings (SSSR count). The summed E-state index contributed by atoms with van der Waals surface area (Å²) in [7, 11) is 5.57. The summed E-state index contributed by atoms with van der Waals surface area (Å²) in [5.74, 6) is -0.126. The van der Waals surface area contributed by atoms with Gasteiger partial charge in [0.2, 0.25) is 0 Å². The number of ether oxygens (including phenoxy) is 1. The zero-order chi connectivity index (χ0) is 12.6. The van der Waals surface area contributed by atoms with Crippen molar-refractivity contribution in [2.24, 2.45) is 0 Å². The Labute approximate surface area is 99.5 Å². The standard InChI is InChI=1S/C12H26N2O2/c1-6-7-14(9-8-13(3)4)11(2)10-12(15)16-5/h11H,6-10H2,1-5H3. The Morgan fingerprint density at radius 1 is 1.25 bits per heavy atom. The molecule has 0 heterocycles. The topological polar surface area (TPSA) is 32.8 Å². The van der Waals surface area contributed by atoms with Gasteiger partial charge in [-0.15, -0.1) is 0 Å². The molecule has 0 aromatic heterocycles. The first-order chi connectivity index (χ1) is 7.51. The number of nitrogens with zero attached hydrogens (tertiary/aromatic N) is 2. The second-order valence-corrected chi connectivity index (χ2v) is 4.47. The van der Waals surface area contributed by atoms with E-state index in [2.05, 4.69) is 37.7 Å². The van der Waals surface area contributed by atoms with Gasteiger partial charge in [0.05, 0.1) is 13.5 Å². The molecule has 4 nitrogen and oxygen atoms in total. The van der Waals surface area contributed by atoms with Gasteiger partial charge in [0.25, 0.3) is 0 Å². The summed E-state index contributed by atoms with van der Waals surface area (Å²) in [5.41, 5.74) is 0. The van der Waals surface area contributed by atoms with Crippen LogP contribution in [-0.4, -0.2) is 62.7 Å². The summed E-state index contributed by atoms with van der Waals surface area (Å²) in [6.07, 6.45) is 1.59. The van der Waals surface area contributed by atoms with Gasteiger partial charge in [-0.1, -0.05) is 6.92 Å². The van der Waals surface area contributed by atoms with Crippen molar-refractivity contribution in [3.05, 3.63) is 0 Å². The van der Waals surface area contributed by atoms with Crippen molar-refractivity contribution in [3.63, 3.8) is 0 Å². The van der Waals surface area contributed by atoms with Gasteiger partial charge >= 0.3 is 5.97 Å². The Bertz CT molecular complexity index is 195. The van der Waals surface area contributed by atoms with Crippen LogP contribution in [0.2, 0.25) is 0 Å². The lowest BCUT2D eigenvalue weighted by Gasteiger charge is -2.29. The van der Waals surface area contributed by atoms with Crippen molar-refractivity contribution in [2.45, 2.75) is 32.7 Å². The summed E-state index contributed by atoms with van der Waals surface area (Å²) in [6.45, 7) is 7.30. The highest BCUT2D eigenvalue weighted by molar-refractivity contribution is 5.69. The van der Waals surface area contributed by atoms with Crippen LogP contribution in [-0.2, 0) is 9.53 Å². The summed E-state index contributed by atoms with van der Waals surface area (Å²) < 4.78 is 4.70. The molecule has 0 saturated heterocycles. The van der Waals surface area contributed by atoms with Gasteiger partial charge in [0.1, 0.15) is 0 Å². The second-order valence-electron chi connectivity index (χ2n) is 4.47. The van der Waals surface area contributed by atoms with Crippen LogP contribution in [0.3, 0.4) is 0 Å². The number of methoxy groups -OCH3 is 1. The van der Waals surface area contributed by atoms with Gasteiger partial charge in [-0.05, 0) is 34.0 Å². The molecule has 0 saturated carbocycles. The predicted molar refractivity (Wildman–Crippen MR) is 66.5 cm³/mol. The molecule has 0 radical (unpaired) electrons. The lowest BCUT2D eigenvalue weighted by atomic mass is 10.2. The molecule has 1 unspecified atom stereocenters. The van der Waals surface area contributed by atoms with Gasteiger partial charge in [-0.3, -0.25) is 9.69 Å². The number of carbonyl (C=O) groups is 1. The van der Waals surface area contributed by atoms with E-state index in [0.29, 0.717) is 6.42 Å². The van der Waals surface area contributed by atoms with Crippen molar-refractivity contribution in [2.75, 3.05) is 40.8 Å². The largest absolute Gasteiger partial charge is 0.469 e. The Morgan fingerprint density at radius 3 is 2.31 bits per heavy atom. The normalized spacial score (nSPS) is 13.2. The minimum Gasteiger partial charge on any atom is -0.469 e. The number of hydrogen-bond acceptors (Lipinski definition) is 4. The lowest BCUT2D eigenvalue weighted by Crippen LogP contribution is -2.39. The van der Waals surface area contributed by atoms with Crippen LogP contribution in [0.15, 0.2) is 0 Å². The fourth-order valence-corrected chi connectivity index (χ4v) is 1.62. The monoisotopic (exact) mass is 230 g/mol. The number of likely N-dealkylation sites (N-methyl/N-ethyl adjacent to an activating group) is 1. The maximum Gasteiger partial charge on any atom is 0.307 e. The smallest absolute Gasteiger partial charge is 0.307 e. The van der Waals surface area contributed by atoms with E-state index in [4.69, 9.17) is 4.74 Å². The summed E-state index contributed by atoms with van der Waals surface area (Å²) in [4.78, 5) is 15.7. The van der Waals surface area contributed by atoms with Crippen molar-refractivity contribution >= 4 is 5.97 Å². The molecule has 0 N–H and O–H groups in total. The quantitative estimate of drug-likeness (QED) is 0.587. The molecule has 1 atom stereocenters. The number of carbonyl (C=O) groups excluding carboxylic acids is 1. The fourth-order valence-electron chi connectivity index (χ4n) is 1.62. The van der Waals surface area contributed by atoms with E-state index in [1.807, 2.05) is 0 Å². The van der Waals surface area contributed by atoms with Crippen molar-refractivity contribution in [1.29, 1.82) is 0 Å². The van der Waals surface area contributed by atoms with Gasteiger partial charge in [0, 0.05) is 19.1 Å². The summed E-state index contributed by atoms with van der Waals surface area (Å²) in [5, 5.41) is 0. The molecule has 96 valence electrons. The van der Waals surface area contributed by atoms with Crippen LogP contribution in [0.4, 0.5) is 0 Å². The van der Waals surface area contributed by atoms with Crippen LogP contribution in [0.1, 0.15) is 26.7 Å². The van der Waals surface area contributed by atoms with Gasteiger partial charge < -0.3 is 9.64 Å². The van der Waals surface area contributed by atoms with Gasteiger partial charge in [0.15, 0.2) is 0 Å². The molecular weight excluding hydrogens is 204 g/mol. The molecule has 0 bridgehead atoms. The van der Waals surface area contributed by atoms with Gasteiger partial charge in [-0.2, -0.15) is 0 Å². The molecular formula is C12H26N2O2. The van der Waals surface area contributed by atoms with Crippen LogP contribution >= 0.6 is 0 Å². The maximum absolute atomic E-state index is 11.2. The second kappa shape index (κ2) is 8.53. The maximum atomic E-state index is 11.2. The Morgan fingerprint density at radius 2 is 1.88 bits per heavy atom. The third-order valence-corrected chi connectivity index (χ3v) is 2.66. The van der Waals surface area contributed by atoms with Crippen molar-refractivity contribution in [3.8, 4) is 0 Å². The molecule has 4 heteroatoms. The molecule has 0 fully saturated rings. The zero-order valence-corrected chi connectivity index (χ0v) is 11.3. The molecule has 0 aromatic rings. The first kappa shape index (κ1) is 15.4. The third-order valence-electron chi connectivity index (χ3n) is 2.66. The van der Waals surface area contributed by atoms with E-state index in [1.54, 1.807) is 0 Å². The van der Waals surface area contributed by atoms with E-state index in [9.17, 15) is 4.79 Å². The molecule has 16 heavy (non-hydrogen) atoms. The summed E-state index contributed by atoms with van der Waals surface area (Å²) in [6, 6.07) is 0.257. The Hall–Kier alpha value is -0.610. The highest BCUT2D eigenvalue weighted by Crippen LogP contribution is 2.06. The van der Waals surface area contributed by atoms with E-state index in [0.717, 1.165) is 26.1 Å². The predicted octanol–water partition coefficient (Wildman–Crippen LogP) is 1.21. The van der Waals surface area contributed by atoms with Crippen LogP contribution < -0.4 is 0 Å². The number of esters is 1. The minimum atomic E-state index is -0.126. The highest BCUT2D eigenvalue weighted by atomic mass is 16.5. The van der Waals surface area contributed by atoms with Crippen LogP contribution in [0.25, 0.3) is 0 Å². The van der Waals surface area contributed by atoms with Crippen molar-refractivity contribution in [1.82, 2.24) is 9.80 Å². The highest BCUT2D eigenvalue weighted by Gasteiger charge is 2.16. The molecule has 0 aliphatic rings. The van der Waals surface area contributed by atoms with E-state index in [-0.39, 0.29) is 12.0 Å². The molecule has 0 amide bonds. The first-order valence-electron chi connectivity index (χ1n) is 5.96. The third kappa shape index (κ3) is 6.80. The minimum absolute atomic E-state index is 0.126. The summed E-state index contributed by atoms with van der Waals surface area (Å²) >= 11 is 0. The average molecular weight is 230 g/mol. The lowest BCUT2D eigenvalue weighted by molar-refractivity contribution is -0.141. The first-order valence-corrected chi connectivity index (χ1v) is 5.96.